The van der Waals surface area contributed by atoms with Crippen LogP contribution in [0.1, 0.15) is 27.2 Å². The lowest BCUT2D eigenvalue weighted by atomic mass is 9.64. The van der Waals surface area contributed by atoms with Crippen molar-refractivity contribution in [3.05, 3.63) is 28.3 Å². The highest BCUT2D eigenvalue weighted by Gasteiger charge is 2.49. The molecule has 21 heavy (non-hydrogen) atoms. The number of ether oxygens (including phenoxy) is 2. The Bertz CT molecular complexity index is 530. The maximum atomic E-state index is 11.3. The number of anilines is 1. The van der Waals surface area contributed by atoms with E-state index in [1.165, 1.54) is 0 Å². The molecule has 0 aliphatic heterocycles. The maximum Gasteiger partial charge on any atom is 0.333 e. The summed E-state index contributed by atoms with van der Waals surface area (Å²) in [4.78, 5) is 11.0. The lowest BCUT2D eigenvalue weighted by Crippen LogP contribution is -2.57. The van der Waals surface area contributed by atoms with Crippen LogP contribution in [0.25, 0.3) is 0 Å². The van der Waals surface area contributed by atoms with Gasteiger partial charge in [0.2, 0.25) is 0 Å². The molecule has 2 atom stereocenters. The van der Waals surface area contributed by atoms with E-state index >= 15 is 0 Å². The topological polar surface area (TPSA) is 73.6 Å². The lowest BCUT2D eigenvalue weighted by Gasteiger charge is -2.51. The van der Waals surface area contributed by atoms with E-state index in [1.54, 1.807) is 25.3 Å². The normalized spacial score (nSPS) is 23.2. The molecule has 0 aromatic heterocycles. The molecule has 0 radical (unpaired) electrons. The molecule has 1 aromatic carbocycles. The molecule has 6 nitrogen and oxygen atoms in total. The molecule has 0 saturated heterocycles. The summed E-state index contributed by atoms with van der Waals surface area (Å²) in [5, 5.41) is 14.6. The molecule has 1 fully saturated rings. The summed E-state index contributed by atoms with van der Waals surface area (Å²) >= 11 is 0. The summed E-state index contributed by atoms with van der Waals surface area (Å²) in [6.45, 7) is 6.40. The van der Waals surface area contributed by atoms with E-state index in [9.17, 15) is 10.1 Å². The van der Waals surface area contributed by atoms with E-state index in [1.807, 2.05) is 6.92 Å². The maximum absolute atomic E-state index is 11.3. The molecule has 0 spiro atoms. The number of nitro groups is 1. The second-order valence-electron chi connectivity index (χ2n) is 5.82. The fraction of sp³-hybridized carbons (Fsp3) is 0.600. The lowest BCUT2D eigenvalue weighted by molar-refractivity contribution is -0.385. The molecule has 6 heteroatoms. The minimum absolute atomic E-state index is 0.00369. The van der Waals surface area contributed by atoms with Crippen LogP contribution in [0.3, 0.4) is 0 Å². The van der Waals surface area contributed by atoms with Gasteiger partial charge in [0.15, 0.2) is 5.75 Å². The fourth-order valence-electron chi connectivity index (χ4n) is 2.82. The summed E-state index contributed by atoms with van der Waals surface area (Å²) < 4.78 is 10.8. The van der Waals surface area contributed by atoms with Crippen LogP contribution < -0.4 is 10.1 Å². The van der Waals surface area contributed by atoms with Crippen molar-refractivity contribution in [1.82, 2.24) is 0 Å². The predicted molar refractivity (Wildman–Crippen MR) is 80.9 cm³/mol. The smallest absolute Gasteiger partial charge is 0.333 e. The van der Waals surface area contributed by atoms with Crippen LogP contribution in [-0.2, 0) is 4.74 Å². The first-order chi connectivity index (χ1) is 9.91. The number of hydrogen-bond donors (Lipinski definition) is 1. The Morgan fingerprint density at radius 1 is 1.48 bits per heavy atom. The summed E-state index contributed by atoms with van der Waals surface area (Å²) in [5.74, 6) is 0.299. The molecular weight excluding hydrogens is 272 g/mol. The van der Waals surface area contributed by atoms with Crippen molar-refractivity contribution in [2.45, 2.75) is 39.3 Å². The molecule has 116 valence electrons. The number of hydrogen-bond acceptors (Lipinski definition) is 5. The zero-order valence-corrected chi connectivity index (χ0v) is 12.9. The molecular formula is C15H22N2O4. The largest absolute Gasteiger partial charge is 0.487 e. The summed E-state index contributed by atoms with van der Waals surface area (Å²) in [6, 6.07) is 5.24. The van der Waals surface area contributed by atoms with E-state index in [-0.39, 0.29) is 23.2 Å². The first-order valence-corrected chi connectivity index (χ1v) is 7.11. The third kappa shape index (κ3) is 2.81. The van der Waals surface area contributed by atoms with E-state index < -0.39 is 4.92 Å². The average Bonchev–Trinajstić information content (AvgIpc) is 2.43. The summed E-state index contributed by atoms with van der Waals surface area (Å²) in [7, 11) is 1.70. The van der Waals surface area contributed by atoms with Crippen LogP contribution >= 0.6 is 0 Å². The van der Waals surface area contributed by atoms with Crippen molar-refractivity contribution in [3.8, 4) is 5.75 Å². The van der Waals surface area contributed by atoms with Crippen molar-refractivity contribution in [3.63, 3.8) is 0 Å². The molecule has 0 amide bonds. The third-order valence-electron chi connectivity index (χ3n) is 4.27. The highest BCUT2D eigenvalue weighted by atomic mass is 16.6. The molecule has 1 aliphatic carbocycles. The predicted octanol–water partition coefficient (Wildman–Crippen LogP) is 3.22. The van der Waals surface area contributed by atoms with Crippen LogP contribution in [0.5, 0.6) is 5.75 Å². The first-order valence-electron chi connectivity index (χ1n) is 7.11. The van der Waals surface area contributed by atoms with Crippen LogP contribution in [0, 0.1) is 15.5 Å². The van der Waals surface area contributed by atoms with Crippen LogP contribution in [0.4, 0.5) is 11.4 Å². The highest BCUT2D eigenvalue weighted by molar-refractivity contribution is 5.69. The quantitative estimate of drug-likeness (QED) is 0.644. The Morgan fingerprint density at radius 2 is 2.19 bits per heavy atom. The standard InChI is InChI=1S/C15H22N2O4/c1-5-21-11-8-6-7-10(14(11)17(18)19)16-12-9-13(20-4)15(12,2)3/h6-8,12-13,16H,5,9H2,1-4H3. The van der Waals surface area contributed by atoms with Gasteiger partial charge in [-0.2, -0.15) is 0 Å². The number of nitrogens with zero attached hydrogens (tertiary/aromatic N) is 1. The van der Waals surface area contributed by atoms with Gasteiger partial charge in [-0.1, -0.05) is 19.9 Å². The summed E-state index contributed by atoms with van der Waals surface area (Å²) in [5.41, 5.74) is 0.430. The van der Waals surface area contributed by atoms with Crippen molar-refractivity contribution >= 4 is 11.4 Å². The Morgan fingerprint density at radius 3 is 2.71 bits per heavy atom. The van der Waals surface area contributed by atoms with Gasteiger partial charge < -0.3 is 14.8 Å². The molecule has 1 aromatic rings. The molecule has 0 heterocycles. The zero-order chi connectivity index (χ0) is 15.6. The van der Waals surface area contributed by atoms with Gasteiger partial charge in [0.05, 0.1) is 17.6 Å². The van der Waals surface area contributed by atoms with Gasteiger partial charge in [-0.05, 0) is 25.5 Å². The Hall–Kier alpha value is -1.82. The SMILES string of the molecule is CCOc1cccc(NC2CC(OC)C2(C)C)c1[N+](=O)[O-]. The number of rotatable bonds is 6. The van der Waals surface area contributed by atoms with Gasteiger partial charge >= 0.3 is 5.69 Å². The van der Waals surface area contributed by atoms with Crippen LogP contribution in [-0.4, -0.2) is 30.8 Å². The number of benzene rings is 1. The molecule has 1 N–H and O–H groups in total. The van der Waals surface area contributed by atoms with Crippen molar-refractivity contribution in [1.29, 1.82) is 0 Å². The van der Waals surface area contributed by atoms with E-state index in [2.05, 4.69) is 19.2 Å². The number of methoxy groups -OCH3 is 1. The Balaban J connectivity index is 2.25. The zero-order valence-electron chi connectivity index (χ0n) is 12.9. The van der Waals surface area contributed by atoms with Crippen molar-refractivity contribution in [2.24, 2.45) is 5.41 Å². The van der Waals surface area contributed by atoms with Gasteiger partial charge in [0.1, 0.15) is 5.69 Å². The second-order valence-corrected chi connectivity index (χ2v) is 5.82. The van der Waals surface area contributed by atoms with Gasteiger partial charge in [0, 0.05) is 18.6 Å². The van der Waals surface area contributed by atoms with Gasteiger partial charge in [0.25, 0.3) is 0 Å². The van der Waals surface area contributed by atoms with Crippen LogP contribution in [0.15, 0.2) is 18.2 Å². The van der Waals surface area contributed by atoms with E-state index in [0.29, 0.717) is 18.0 Å². The van der Waals surface area contributed by atoms with Crippen molar-refractivity contribution < 1.29 is 14.4 Å². The molecule has 1 aliphatic rings. The number of para-hydroxylation sites is 1. The van der Waals surface area contributed by atoms with E-state index in [0.717, 1.165) is 6.42 Å². The van der Waals surface area contributed by atoms with E-state index in [4.69, 9.17) is 9.47 Å². The van der Waals surface area contributed by atoms with Gasteiger partial charge in [-0.15, -0.1) is 0 Å². The molecule has 1 saturated carbocycles. The molecule has 2 rings (SSSR count). The number of nitro benzene ring substituents is 1. The first kappa shape index (κ1) is 15.6. The minimum atomic E-state index is -0.396. The Kier molecular flexibility index (Phi) is 4.37. The van der Waals surface area contributed by atoms with Gasteiger partial charge in [-0.3, -0.25) is 10.1 Å². The van der Waals surface area contributed by atoms with Gasteiger partial charge in [-0.25, -0.2) is 0 Å². The number of nitrogens with one attached hydrogen (secondary N) is 1. The van der Waals surface area contributed by atoms with Crippen molar-refractivity contribution in [2.75, 3.05) is 19.0 Å². The summed E-state index contributed by atoms with van der Waals surface area (Å²) in [6.07, 6.45) is 1.00. The highest BCUT2D eigenvalue weighted by Crippen LogP contribution is 2.46. The average molecular weight is 294 g/mol. The monoisotopic (exact) mass is 294 g/mol. The minimum Gasteiger partial charge on any atom is -0.487 e. The molecule has 0 bridgehead atoms. The third-order valence-corrected chi connectivity index (χ3v) is 4.27. The second kappa shape index (κ2) is 5.89. The van der Waals surface area contributed by atoms with Crippen LogP contribution in [0.2, 0.25) is 0 Å². The fourth-order valence-corrected chi connectivity index (χ4v) is 2.82. The molecule has 2 unspecified atom stereocenters. The Labute approximate surface area is 124 Å².